The Hall–Kier alpha value is -2.94. The van der Waals surface area contributed by atoms with Gasteiger partial charge in [0.1, 0.15) is 0 Å². The minimum absolute atomic E-state index is 0.0942. The van der Waals surface area contributed by atoms with Crippen molar-refractivity contribution in [2.75, 3.05) is 7.05 Å². The Morgan fingerprint density at radius 2 is 1.79 bits per heavy atom. The number of alkyl halides is 3. The van der Waals surface area contributed by atoms with E-state index in [2.05, 4.69) is 29.6 Å². The van der Waals surface area contributed by atoms with E-state index in [0.717, 1.165) is 0 Å². The molecule has 28 heavy (non-hydrogen) atoms. The summed E-state index contributed by atoms with van der Waals surface area (Å²) in [6.45, 7) is 0.625. The fourth-order valence-corrected chi connectivity index (χ4v) is 2.78. The Bertz CT molecular complexity index is 878. The number of carbonyl (C=O) groups excluding carboxylic acids is 2. The summed E-state index contributed by atoms with van der Waals surface area (Å²) < 4.78 is 31.7. The van der Waals surface area contributed by atoms with Gasteiger partial charge in [0.15, 0.2) is 0 Å². The lowest BCUT2D eigenvalue weighted by Gasteiger charge is -2.28. The minimum atomic E-state index is -5.08. The number of likely N-dealkylation sites (tertiary alicyclic amines) is 1. The van der Waals surface area contributed by atoms with Gasteiger partial charge in [0.25, 0.3) is 0 Å². The number of imide groups is 1. The number of piperidine rings is 1. The van der Waals surface area contributed by atoms with Gasteiger partial charge in [0, 0.05) is 20.0 Å². The first-order chi connectivity index (χ1) is 13.1. The quantitative estimate of drug-likeness (QED) is 0.779. The average molecular weight is 396 g/mol. The van der Waals surface area contributed by atoms with Crippen LogP contribution >= 0.6 is 0 Å². The first-order valence-electron chi connectivity index (χ1n) is 8.41. The van der Waals surface area contributed by atoms with Gasteiger partial charge in [-0.05, 0) is 22.8 Å². The van der Waals surface area contributed by atoms with Crippen LogP contribution in [-0.2, 0) is 20.9 Å². The fraction of sp³-hybridized carbons (Fsp3) is 0.316. The number of hydrogen-bond acceptors (Lipinski definition) is 4. The molecule has 0 aromatic heterocycles. The van der Waals surface area contributed by atoms with Gasteiger partial charge < -0.3 is 10.4 Å². The van der Waals surface area contributed by atoms with Crippen molar-refractivity contribution in [3.8, 4) is 0 Å². The molecule has 1 heterocycles. The van der Waals surface area contributed by atoms with Crippen LogP contribution in [-0.4, -0.2) is 47.1 Å². The van der Waals surface area contributed by atoms with E-state index in [1.165, 1.54) is 21.2 Å². The predicted octanol–water partition coefficient (Wildman–Crippen LogP) is 2.71. The molecule has 0 radical (unpaired) electrons. The number of aliphatic carboxylic acids is 1. The smallest absolute Gasteiger partial charge is 0.475 e. The lowest BCUT2D eigenvalue weighted by Crippen LogP contribution is -2.51. The third kappa shape index (κ3) is 5.29. The number of rotatable bonds is 3. The molecular formula is C19H19F3N2O4. The molecule has 2 amide bonds. The number of halogens is 3. The summed E-state index contributed by atoms with van der Waals surface area (Å²) in [5.41, 5.74) is 1.17. The Morgan fingerprint density at radius 3 is 2.43 bits per heavy atom. The van der Waals surface area contributed by atoms with Crippen LogP contribution < -0.4 is 5.32 Å². The van der Waals surface area contributed by atoms with E-state index in [0.29, 0.717) is 19.4 Å². The maximum atomic E-state index is 12.1. The molecule has 0 spiro atoms. The van der Waals surface area contributed by atoms with E-state index in [4.69, 9.17) is 9.90 Å². The molecule has 1 atom stereocenters. The number of likely N-dealkylation sites (N-methyl/N-ethyl adjacent to an activating group) is 1. The van der Waals surface area contributed by atoms with Crippen molar-refractivity contribution in [2.24, 2.45) is 0 Å². The highest BCUT2D eigenvalue weighted by Gasteiger charge is 2.38. The third-order valence-electron chi connectivity index (χ3n) is 4.31. The van der Waals surface area contributed by atoms with Crippen LogP contribution in [0.1, 0.15) is 18.4 Å². The number of fused-ring (bicyclic) bond motifs is 1. The zero-order chi connectivity index (χ0) is 20.9. The molecule has 1 unspecified atom stereocenters. The van der Waals surface area contributed by atoms with Crippen LogP contribution in [0.25, 0.3) is 10.8 Å². The van der Waals surface area contributed by atoms with Crippen molar-refractivity contribution in [3.63, 3.8) is 0 Å². The van der Waals surface area contributed by atoms with Gasteiger partial charge in [-0.2, -0.15) is 13.2 Å². The Balaban J connectivity index is 0.000000345. The van der Waals surface area contributed by atoms with Crippen molar-refractivity contribution >= 4 is 28.6 Å². The zero-order valence-corrected chi connectivity index (χ0v) is 15.0. The fourth-order valence-electron chi connectivity index (χ4n) is 2.78. The van der Waals surface area contributed by atoms with Gasteiger partial charge in [-0.1, -0.05) is 42.5 Å². The highest BCUT2D eigenvalue weighted by Crippen LogP contribution is 2.19. The number of nitrogens with one attached hydrogen (secondary N) is 1. The molecule has 3 rings (SSSR count). The van der Waals surface area contributed by atoms with Gasteiger partial charge in [0.2, 0.25) is 11.8 Å². The lowest BCUT2D eigenvalue weighted by atomic mass is 10.0. The average Bonchev–Trinajstić information content (AvgIpc) is 2.65. The van der Waals surface area contributed by atoms with E-state index in [-0.39, 0.29) is 17.9 Å². The van der Waals surface area contributed by atoms with Crippen LogP contribution in [0.5, 0.6) is 0 Å². The summed E-state index contributed by atoms with van der Waals surface area (Å²) in [7, 11) is 1.55. The van der Waals surface area contributed by atoms with Crippen LogP contribution in [0.3, 0.4) is 0 Å². The van der Waals surface area contributed by atoms with E-state index in [1.807, 2.05) is 18.2 Å². The molecule has 1 aliphatic heterocycles. The largest absolute Gasteiger partial charge is 0.490 e. The van der Waals surface area contributed by atoms with E-state index in [9.17, 15) is 22.8 Å². The third-order valence-corrected chi connectivity index (χ3v) is 4.31. The number of hydrogen-bond donors (Lipinski definition) is 2. The topological polar surface area (TPSA) is 86.7 Å². The van der Waals surface area contributed by atoms with Crippen LogP contribution in [0.2, 0.25) is 0 Å². The molecule has 1 saturated heterocycles. The van der Waals surface area contributed by atoms with Gasteiger partial charge in [-0.25, -0.2) is 4.79 Å². The van der Waals surface area contributed by atoms with Crippen LogP contribution in [0.15, 0.2) is 42.5 Å². The van der Waals surface area contributed by atoms with Gasteiger partial charge >= 0.3 is 12.1 Å². The monoisotopic (exact) mass is 396 g/mol. The van der Waals surface area contributed by atoms with Crippen molar-refractivity contribution < 1.29 is 32.7 Å². The lowest BCUT2D eigenvalue weighted by molar-refractivity contribution is -0.192. The second kappa shape index (κ2) is 8.83. The second-order valence-corrected chi connectivity index (χ2v) is 6.20. The molecule has 9 heteroatoms. The molecule has 150 valence electrons. The Labute approximate surface area is 158 Å². The van der Waals surface area contributed by atoms with Crippen molar-refractivity contribution in [1.82, 2.24) is 10.2 Å². The highest BCUT2D eigenvalue weighted by atomic mass is 19.4. The standard InChI is InChI=1S/C17H18N2O2.C2HF3O2/c1-19-16(20)10-9-15(17(19)21)18-11-13-7-4-6-12-5-2-3-8-14(12)13;3-2(4,5)1(6)7/h2-8,15,18H,9-11H2,1H3;(H,6,7). The molecule has 6 nitrogen and oxygen atoms in total. The number of nitrogens with zero attached hydrogens (tertiary/aromatic N) is 1. The summed E-state index contributed by atoms with van der Waals surface area (Å²) in [5.74, 6) is -2.98. The SMILES string of the molecule is CN1C(=O)CCC(NCc2cccc3ccccc23)C1=O.O=C(O)C(F)(F)F. The number of amides is 2. The minimum Gasteiger partial charge on any atom is -0.475 e. The number of benzene rings is 2. The van der Waals surface area contributed by atoms with E-state index in [1.54, 1.807) is 7.05 Å². The summed E-state index contributed by atoms with van der Waals surface area (Å²) in [6.07, 6.45) is -4.08. The van der Waals surface area contributed by atoms with Crippen LogP contribution in [0, 0.1) is 0 Å². The molecule has 0 aliphatic carbocycles. The van der Waals surface area contributed by atoms with Gasteiger partial charge in [0.05, 0.1) is 6.04 Å². The van der Waals surface area contributed by atoms with Gasteiger partial charge in [-0.3, -0.25) is 14.5 Å². The second-order valence-electron chi connectivity index (χ2n) is 6.20. The number of carboxylic acid groups (broad SMARTS) is 1. The van der Waals surface area contributed by atoms with Crippen LogP contribution in [0.4, 0.5) is 13.2 Å². The Morgan fingerprint density at radius 1 is 1.18 bits per heavy atom. The number of carbonyl (C=O) groups is 3. The maximum Gasteiger partial charge on any atom is 0.490 e. The van der Waals surface area contributed by atoms with Crippen molar-refractivity contribution in [2.45, 2.75) is 31.6 Å². The molecule has 2 N–H and O–H groups in total. The molecular weight excluding hydrogens is 377 g/mol. The molecule has 1 fully saturated rings. The molecule has 0 saturated carbocycles. The molecule has 1 aliphatic rings. The summed E-state index contributed by atoms with van der Waals surface area (Å²) in [4.78, 5) is 33.7. The predicted molar refractivity (Wildman–Crippen MR) is 95.3 cm³/mol. The van der Waals surface area contributed by atoms with Crippen molar-refractivity contribution in [1.29, 1.82) is 0 Å². The molecule has 2 aromatic rings. The van der Waals surface area contributed by atoms with Gasteiger partial charge in [-0.15, -0.1) is 0 Å². The Kier molecular flexibility index (Phi) is 6.74. The molecule has 2 aromatic carbocycles. The maximum absolute atomic E-state index is 12.1. The first kappa shape index (κ1) is 21.4. The summed E-state index contributed by atoms with van der Waals surface area (Å²) >= 11 is 0. The zero-order valence-electron chi connectivity index (χ0n) is 15.0. The summed E-state index contributed by atoms with van der Waals surface area (Å²) in [5, 5.41) is 12.8. The van der Waals surface area contributed by atoms with Crippen molar-refractivity contribution in [3.05, 3.63) is 48.0 Å². The highest BCUT2D eigenvalue weighted by molar-refractivity contribution is 6.00. The normalized spacial score (nSPS) is 17.3. The van der Waals surface area contributed by atoms with E-state index < -0.39 is 12.1 Å². The number of carboxylic acids is 1. The summed E-state index contributed by atoms with van der Waals surface area (Å²) in [6, 6.07) is 14.1. The van der Waals surface area contributed by atoms with E-state index >= 15 is 0 Å². The molecule has 0 bridgehead atoms. The first-order valence-corrected chi connectivity index (χ1v) is 8.41.